The highest BCUT2D eigenvalue weighted by Gasteiger charge is 2.29. The van der Waals surface area contributed by atoms with Crippen LogP contribution in [-0.2, 0) is 4.79 Å². The number of benzene rings is 2. The molecule has 0 spiro atoms. The van der Waals surface area contributed by atoms with E-state index in [2.05, 4.69) is 0 Å². The third-order valence-electron chi connectivity index (χ3n) is 5.98. The first-order chi connectivity index (χ1) is 17.1. The summed E-state index contributed by atoms with van der Waals surface area (Å²) in [4.78, 5) is 27.9. The quantitative estimate of drug-likeness (QED) is 0.223. The van der Waals surface area contributed by atoms with E-state index in [1.165, 1.54) is 55.5 Å². The van der Waals surface area contributed by atoms with Gasteiger partial charge in [-0.15, -0.1) is 0 Å². The fourth-order valence-electron chi connectivity index (χ4n) is 4.22. The lowest BCUT2D eigenvalue weighted by Crippen LogP contribution is -2.48. The van der Waals surface area contributed by atoms with Gasteiger partial charge in [-0.1, -0.05) is 18.2 Å². The molecule has 3 aromatic rings. The fourth-order valence-corrected chi connectivity index (χ4v) is 4.22. The van der Waals surface area contributed by atoms with Gasteiger partial charge in [0.1, 0.15) is 11.5 Å². The summed E-state index contributed by atoms with van der Waals surface area (Å²) in [6.07, 6.45) is 3.59. The maximum atomic E-state index is 15.5. The largest absolute Gasteiger partial charge is 0.618 e. The number of allylic oxidation sites excluding steroid dienone is 1. The van der Waals surface area contributed by atoms with Gasteiger partial charge < -0.3 is 19.7 Å². The lowest BCUT2D eigenvalue weighted by molar-refractivity contribution is -0.577. The second kappa shape index (κ2) is 10.3. The SMILES string of the molecule is CC(=O)N1CCN(c2c(F)cc3cc(C(=O)C=Cc4ccc(F)cc4)c[n+]([O-])c3c2OC(C)C)CC1. The molecule has 4 rings (SSSR count). The highest BCUT2D eigenvalue weighted by atomic mass is 19.1. The Hall–Kier alpha value is -4.01. The van der Waals surface area contributed by atoms with Crippen molar-refractivity contribution >= 4 is 34.4 Å². The van der Waals surface area contributed by atoms with E-state index in [9.17, 15) is 19.2 Å². The Balaban J connectivity index is 1.73. The summed E-state index contributed by atoms with van der Waals surface area (Å²) in [5.41, 5.74) is 0.981. The third kappa shape index (κ3) is 5.30. The summed E-state index contributed by atoms with van der Waals surface area (Å²) >= 11 is 0. The third-order valence-corrected chi connectivity index (χ3v) is 5.98. The van der Waals surface area contributed by atoms with Crippen LogP contribution in [0.3, 0.4) is 0 Å². The number of piperazine rings is 1. The number of halogens is 2. The average Bonchev–Trinajstić information content (AvgIpc) is 2.83. The van der Waals surface area contributed by atoms with E-state index < -0.39 is 11.6 Å². The van der Waals surface area contributed by atoms with Crippen molar-refractivity contribution in [1.82, 2.24) is 4.90 Å². The van der Waals surface area contributed by atoms with Gasteiger partial charge in [0.25, 0.3) is 5.52 Å². The Morgan fingerprint density at radius 2 is 1.75 bits per heavy atom. The van der Waals surface area contributed by atoms with Gasteiger partial charge in [0.15, 0.2) is 17.8 Å². The number of nitrogens with zero attached hydrogens (tertiary/aromatic N) is 3. The predicted molar refractivity (Wildman–Crippen MR) is 133 cm³/mol. The standard InChI is InChI=1S/C27H27F2N3O4/c1-17(2)36-27-25-20(15-23(29)26(27)31-12-10-30(11-13-31)18(3)33)14-21(16-32(25)35)24(34)9-6-19-4-7-22(28)8-5-19/h4-9,14-17H,10-13H2,1-3H3. The molecule has 0 N–H and O–H groups in total. The van der Waals surface area contributed by atoms with Gasteiger partial charge in [0, 0.05) is 33.1 Å². The molecule has 0 saturated carbocycles. The second-order valence-corrected chi connectivity index (χ2v) is 8.94. The predicted octanol–water partition coefficient (Wildman–Crippen LogP) is 4.10. The molecule has 0 unspecified atom stereocenters. The first kappa shape index (κ1) is 25.1. The van der Waals surface area contributed by atoms with Crippen LogP contribution >= 0.6 is 0 Å². The Kier molecular flexibility index (Phi) is 7.19. The Labute approximate surface area is 207 Å². The number of anilines is 1. The summed E-state index contributed by atoms with van der Waals surface area (Å²) < 4.78 is 35.1. The Morgan fingerprint density at radius 3 is 2.36 bits per heavy atom. The van der Waals surface area contributed by atoms with Gasteiger partial charge in [0.05, 0.1) is 17.1 Å². The van der Waals surface area contributed by atoms with Crippen molar-refractivity contribution in [2.24, 2.45) is 0 Å². The number of carbonyl (C=O) groups is 2. The number of ether oxygens (including phenoxy) is 1. The summed E-state index contributed by atoms with van der Waals surface area (Å²) in [5.74, 6) is -1.37. The van der Waals surface area contributed by atoms with Gasteiger partial charge in [-0.05, 0) is 49.8 Å². The fraction of sp³-hybridized carbons (Fsp3) is 0.296. The highest BCUT2D eigenvalue weighted by molar-refractivity contribution is 6.08. The summed E-state index contributed by atoms with van der Waals surface area (Å²) in [7, 11) is 0. The molecule has 1 aliphatic heterocycles. The number of pyridine rings is 1. The first-order valence-corrected chi connectivity index (χ1v) is 11.7. The molecule has 1 fully saturated rings. The van der Waals surface area contributed by atoms with Crippen molar-refractivity contribution in [1.29, 1.82) is 0 Å². The van der Waals surface area contributed by atoms with Crippen molar-refractivity contribution in [2.45, 2.75) is 26.9 Å². The monoisotopic (exact) mass is 495 g/mol. The number of carbonyl (C=O) groups excluding carboxylic acids is 2. The van der Waals surface area contributed by atoms with E-state index in [4.69, 9.17) is 4.74 Å². The van der Waals surface area contributed by atoms with E-state index in [1.54, 1.807) is 23.6 Å². The molecule has 36 heavy (non-hydrogen) atoms. The van der Waals surface area contributed by atoms with Gasteiger partial charge in [-0.2, -0.15) is 4.73 Å². The molecule has 0 radical (unpaired) electrons. The molecule has 9 heteroatoms. The minimum absolute atomic E-state index is 0.0460. The zero-order valence-corrected chi connectivity index (χ0v) is 20.3. The molecule has 1 aromatic heterocycles. The van der Waals surface area contributed by atoms with E-state index in [0.717, 1.165) is 6.20 Å². The molecular formula is C27H27F2N3O4. The number of hydrogen-bond donors (Lipinski definition) is 0. The normalized spacial score (nSPS) is 14.2. The van der Waals surface area contributed by atoms with Crippen LogP contribution in [-0.4, -0.2) is 48.9 Å². The molecule has 0 aliphatic carbocycles. The number of fused-ring (bicyclic) bond motifs is 1. The maximum Gasteiger partial charge on any atom is 0.268 e. The average molecular weight is 496 g/mol. The van der Waals surface area contributed by atoms with Crippen LogP contribution in [0.1, 0.15) is 36.7 Å². The molecular weight excluding hydrogens is 468 g/mol. The smallest absolute Gasteiger partial charge is 0.268 e. The molecule has 1 saturated heterocycles. The van der Waals surface area contributed by atoms with Crippen LogP contribution in [0.5, 0.6) is 5.75 Å². The summed E-state index contributed by atoms with van der Waals surface area (Å²) in [5, 5.41) is 13.4. The van der Waals surface area contributed by atoms with Gasteiger partial charge in [-0.25, -0.2) is 8.78 Å². The molecule has 188 valence electrons. The van der Waals surface area contributed by atoms with Crippen molar-refractivity contribution in [2.75, 3.05) is 31.1 Å². The van der Waals surface area contributed by atoms with E-state index >= 15 is 4.39 Å². The lowest BCUT2D eigenvalue weighted by Gasteiger charge is -2.36. The van der Waals surface area contributed by atoms with Crippen molar-refractivity contribution < 1.29 is 27.8 Å². The molecule has 7 nitrogen and oxygen atoms in total. The maximum absolute atomic E-state index is 15.5. The minimum Gasteiger partial charge on any atom is -0.618 e. The zero-order chi connectivity index (χ0) is 26.0. The van der Waals surface area contributed by atoms with Crippen molar-refractivity contribution in [3.8, 4) is 5.75 Å². The second-order valence-electron chi connectivity index (χ2n) is 8.94. The van der Waals surface area contributed by atoms with Crippen LogP contribution in [0.4, 0.5) is 14.5 Å². The molecule has 1 aliphatic rings. The number of rotatable bonds is 6. The van der Waals surface area contributed by atoms with E-state index in [-0.39, 0.29) is 45.7 Å². The highest BCUT2D eigenvalue weighted by Crippen LogP contribution is 2.39. The van der Waals surface area contributed by atoms with Crippen LogP contribution in [0, 0.1) is 16.8 Å². The summed E-state index contributed by atoms with van der Waals surface area (Å²) in [6.45, 7) is 6.69. The van der Waals surface area contributed by atoms with Crippen LogP contribution in [0.15, 0.2) is 48.7 Å². The van der Waals surface area contributed by atoms with Crippen molar-refractivity contribution in [3.63, 3.8) is 0 Å². The molecule has 0 atom stereocenters. The van der Waals surface area contributed by atoms with Gasteiger partial charge in [0.2, 0.25) is 11.7 Å². The summed E-state index contributed by atoms with van der Waals surface area (Å²) in [6, 6.07) is 8.29. The van der Waals surface area contributed by atoms with Crippen LogP contribution in [0.2, 0.25) is 0 Å². The molecule has 2 aromatic carbocycles. The zero-order valence-electron chi connectivity index (χ0n) is 20.3. The lowest BCUT2D eigenvalue weighted by atomic mass is 10.1. The topological polar surface area (TPSA) is 76.8 Å². The minimum atomic E-state index is -0.583. The van der Waals surface area contributed by atoms with E-state index in [0.29, 0.717) is 36.5 Å². The Morgan fingerprint density at radius 1 is 1.08 bits per heavy atom. The van der Waals surface area contributed by atoms with Crippen LogP contribution < -0.4 is 14.4 Å². The van der Waals surface area contributed by atoms with Gasteiger partial charge >= 0.3 is 0 Å². The number of amides is 1. The van der Waals surface area contributed by atoms with Crippen molar-refractivity contribution in [3.05, 3.63) is 76.6 Å². The molecule has 1 amide bonds. The van der Waals surface area contributed by atoms with Gasteiger partial charge in [-0.3, -0.25) is 9.59 Å². The van der Waals surface area contributed by atoms with E-state index in [1.807, 2.05) is 0 Å². The number of hydrogen-bond acceptors (Lipinski definition) is 5. The first-order valence-electron chi connectivity index (χ1n) is 11.7. The van der Waals surface area contributed by atoms with Crippen LogP contribution in [0.25, 0.3) is 17.0 Å². The number of aromatic nitrogens is 1. The number of ketones is 1. The Bertz CT molecular complexity index is 1330. The molecule has 0 bridgehead atoms. The molecule has 2 heterocycles.